The minimum atomic E-state index is 0.0737. The lowest BCUT2D eigenvalue weighted by molar-refractivity contribution is -0.121. The zero-order valence-electron chi connectivity index (χ0n) is 12.1. The Morgan fingerprint density at radius 3 is 2.30 bits per heavy atom. The van der Waals surface area contributed by atoms with E-state index in [1.807, 2.05) is 49.4 Å². The van der Waals surface area contributed by atoms with Crippen LogP contribution in [0.5, 0.6) is 0 Å². The third-order valence-electron chi connectivity index (χ3n) is 3.43. The first-order valence-corrected chi connectivity index (χ1v) is 7.09. The lowest BCUT2D eigenvalue weighted by atomic mass is 10.0. The zero-order valence-corrected chi connectivity index (χ0v) is 12.1. The third-order valence-corrected chi connectivity index (χ3v) is 3.43. The first kappa shape index (κ1) is 14.3. The van der Waals surface area contributed by atoms with Crippen LogP contribution in [0, 0.1) is 6.92 Å². The van der Waals surface area contributed by atoms with Crippen molar-refractivity contribution < 1.29 is 4.79 Å². The summed E-state index contributed by atoms with van der Waals surface area (Å²) >= 11 is 0. The maximum atomic E-state index is 12.1. The molecule has 2 aromatic carbocycles. The molecule has 0 spiro atoms. The molecular weight excluding hydrogens is 246 g/mol. The summed E-state index contributed by atoms with van der Waals surface area (Å²) < 4.78 is 0. The Bertz CT molecular complexity index is 545. The molecular formula is C18H21NO. The average molecular weight is 267 g/mol. The smallest absolute Gasteiger partial charge is 0.224 e. The Hall–Kier alpha value is -2.09. The molecule has 104 valence electrons. The molecule has 0 fully saturated rings. The van der Waals surface area contributed by atoms with E-state index in [2.05, 4.69) is 24.4 Å². The maximum absolute atomic E-state index is 12.1. The Labute approximate surface area is 120 Å². The van der Waals surface area contributed by atoms with Crippen LogP contribution in [0.15, 0.2) is 54.6 Å². The van der Waals surface area contributed by atoms with E-state index >= 15 is 0 Å². The van der Waals surface area contributed by atoms with Crippen LogP contribution in [-0.2, 0) is 11.2 Å². The largest absolute Gasteiger partial charge is 0.349 e. The molecule has 2 nitrogen and oxygen atoms in total. The highest BCUT2D eigenvalue weighted by atomic mass is 16.1. The number of hydrogen-bond acceptors (Lipinski definition) is 1. The van der Waals surface area contributed by atoms with Crippen LogP contribution in [0.1, 0.15) is 36.1 Å². The minimum Gasteiger partial charge on any atom is -0.349 e. The van der Waals surface area contributed by atoms with Crippen molar-refractivity contribution in [2.45, 2.75) is 32.7 Å². The topological polar surface area (TPSA) is 29.1 Å². The summed E-state index contributed by atoms with van der Waals surface area (Å²) in [6.45, 7) is 4.14. The van der Waals surface area contributed by atoms with Gasteiger partial charge in [0, 0.05) is 0 Å². The highest BCUT2D eigenvalue weighted by Crippen LogP contribution is 2.16. The molecule has 0 saturated heterocycles. The number of benzene rings is 2. The summed E-state index contributed by atoms with van der Waals surface area (Å²) in [6.07, 6.45) is 1.33. The summed E-state index contributed by atoms with van der Waals surface area (Å²) in [4.78, 5) is 12.1. The van der Waals surface area contributed by atoms with Gasteiger partial charge < -0.3 is 5.32 Å². The van der Waals surface area contributed by atoms with Crippen molar-refractivity contribution in [3.05, 3.63) is 71.3 Å². The standard InChI is InChI=1S/C18H21NO/c1-3-17(16-7-5-4-6-8-16)19-18(20)13-15-11-9-14(2)10-12-15/h4-12,17H,3,13H2,1-2H3,(H,19,20)/t17-/m1/s1. The fourth-order valence-electron chi connectivity index (χ4n) is 2.24. The van der Waals surface area contributed by atoms with Crippen molar-refractivity contribution in [2.24, 2.45) is 0 Å². The van der Waals surface area contributed by atoms with E-state index < -0.39 is 0 Å². The second-order valence-electron chi connectivity index (χ2n) is 5.10. The maximum Gasteiger partial charge on any atom is 0.224 e. The number of aryl methyl sites for hydroxylation is 1. The molecule has 0 bridgehead atoms. The SMILES string of the molecule is CC[C@@H](NC(=O)Cc1ccc(C)cc1)c1ccccc1. The lowest BCUT2D eigenvalue weighted by Crippen LogP contribution is -2.29. The van der Waals surface area contributed by atoms with Crippen molar-refractivity contribution in [2.75, 3.05) is 0 Å². The Morgan fingerprint density at radius 1 is 1.05 bits per heavy atom. The van der Waals surface area contributed by atoms with Gasteiger partial charge in [0.25, 0.3) is 0 Å². The molecule has 0 saturated carbocycles. The van der Waals surface area contributed by atoms with Crippen LogP contribution in [0.4, 0.5) is 0 Å². The molecule has 0 heterocycles. The molecule has 2 heteroatoms. The van der Waals surface area contributed by atoms with E-state index in [4.69, 9.17) is 0 Å². The van der Waals surface area contributed by atoms with E-state index in [1.165, 1.54) is 5.56 Å². The quantitative estimate of drug-likeness (QED) is 0.877. The number of carbonyl (C=O) groups is 1. The van der Waals surface area contributed by atoms with Crippen molar-refractivity contribution in [1.82, 2.24) is 5.32 Å². The van der Waals surface area contributed by atoms with E-state index in [1.54, 1.807) is 0 Å². The van der Waals surface area contributed by atoms with Gasteiger partial charge in [0.05, 0.1) is 12.5 Å². The van der Waals surface area contributed by atoms with Gasteiger partial charge in [-0.2, -0.15) is 0 Å². The van der Waals surface area contributed by atoms with Gasteiger partial charge >= 0.3 is 0 Å². The molecule has 0 aliphatic rings. The Kier molecular flexibility index (Phi) is 4.94. The summed E-state index contributed by atoms with van der Waals surface area (Å²) in [6, 6.07) is 18.3. The van der Waals surface area contributed by atoms with Crippen LogP contribution < -0.4 is 5.32 Å². The lowest BCUT2D eigenvalue weighted by Gasteiger charge is -2.17. The predicted octanol–water partition coefficient (Wildman–Crippen LogP) is 3.81. The fraction of sp³-hybridized carbons (Fsp3) is 0.278. The second-order valence-corrected chi connectivity index (χ2v) is 5.10. The zero-order chi connectivity index (χ0) is 14.4. The summed E-state index contributed by atoms with van der Waals surface area (Å²) in [7, 11) is 0. The van der Waals surface area contributed by atoms with Gasteiger partial charge in [0.1, 0.15) is 0 Å². The highest BCUT2D eigenvalue weighted by Gasteiger charge is 2.12. The first-order chi connectivity index (χ1) is 9.69. The molecule has 0 aliphatic carbocycles. The summed E-state index contributed by atoms with van der Waals surface area (Å²) in [5.74, 6) is 0.0737. The van der Waals surface area contributed by atoms with Gasteiger partial charge in [-0.15, -0.1) is 0 Å². The minimum absolute atomic E-state index is 0.0737. The monoisotopic (exact) mass is 267 g/mol. The van der Waals surface area contributed by atoms with E-state index in [-0.39, 0.29) is 11.9 Å². The van der Waals surface area contributed by atoms with Gasteiger partial charge in [-0.25, -0.2) is 0 Å². The van der Waals surface area contributed by atoms with Gasteiger partial charge in [-0.05, 0) is 24.5 Å². The van der Waals surface area contributed by atoms with E-state index in [0.717, 1.165) is 17.5 Å². The Morgan fingerprint density at radius 2 is 1.70 bits per heavy atom. The first-order valence-electron chi connectivity index (χ1n) is 7.09. The van der Waals surface area contributed by atoms with Crippen LogP contribution in [0.25, 0.3) is 0 Å². The normalized spacial score (nSPS) is 11.9. The van der Waals surface area contributed by atoms with Crippen LogP contribution in [-0.4, -0.2) is 5.91 Å². The van der Waals surface area contributed by atoms with Crippen molar-refractivity contribution >= 4 is 5.91 Å². The van der Waals surface area contributed by atoms with Gasteiger partial charge in [0.2, 0.25) is 5.91 Å². The molecule has 0 aromatic heterocycles. The average Bonchev–Trinajstić information content (AvgIpc) is 2.48. The van der Waals surface area contributed by atoms with E-state index in [9.17, 15) is 4.79 Å². The van der Waals surface area contributed by atoms with Crippen LogP contribution >= 0.6 is 0 Å². The number of amides is 1. The molecule has 20 heavy (non-hydrogen) atoms. The molecule has 0 aliphatic heterocycles. The van der Waals surface area contributed by atoms with Crippen molar-refractivity contribution in [3.63, 3.8) is 0 Å². The molecule has 1 atom stereocenters. The molecule has 1 N–H and O–H groups in total. The number of hydrogen-bond donors (Lipinski definition) is 1. The molecule has 2 rings (SSSR count). The summed E-state index contributed by atoms with van der Waals surface area (Å²) in [5.41, 5.74) is 3.42. The third kappa shape index (κ3) is 3.95. The highest BCUT2D eigenvalue weighted by molar-refractivity contribution is 5.79. The number of rotatable bonds is 5. The van der Waals surface area contributed by atoms with Gasteiger partial charge in [-0.3, -0.25) is 4.79 Å². The van der Waals surface area contributed by atoms with Crippen molar-refractivity contribution in [3.8, 4) is 0 Å². The number of carbonyl (C=O) groups excluding carboxylic acids is 1. The summed E-state index contributed by atoms with van der Waals surface area (Å²) in [5, 5.41) is 3.11. The van der Waals surface area contributed by atoms with Crippen LogP contribution in [0.3, 0.4) is 0 Å². The number of nitrogens with one attached hydrogen (secondary N) is 1. The molecule has 0 unspecified atom stereocenters. The molecule has 1 amide bonds. The molecule has 0 radical (unpaired) electrons. The van der Waals surface area contributed by atoms with Crippen LogP contribution in [0.2, 0.25) is 0 Å². The second kappa shape index (κ2) is 6.90. The van der Waals surface area contributed by atoms with Crippen molar-refractivity contribution in [1.29, 1.82) is 0 Å². The predicted molar refractivity (Wildman–Crippen MR) is 82.5 cm³/mol. The Balaban J connectivity index is 1.97. The van der Waals surface area contributed by atoms with E-state index in [0.29, 0.717) is 6.42 Å². The fourth-order valence-corrected chi connectivity index (χ4v) is 2.24. The van der Waals surface area contributed by atoms with Gasteiger partial charge in [-0.1, -0.05) is 67.1 Å². The molecule has 2 aromatic rings. The van der Waals surface area contributed by atoms with Gasteiger partial charge in [0.15, 0.2) is 0 Å².